The van der Waals surface area contributed by atoms with Gasteiger partial charge in [-0.25, -0.2) is 0 Å². The van der Waals surface area contributed by atoms with Crippen molar-refractivity contribution >= 4 is 5.91 Å². The van der Waals surface area contributed by atoms with Crippen LogP contribution in [-0.2, 0) is 11.3 Å². The Morgan fingerprint density at radius 2 is 1.89 bits per heavy atom. The minimum Gasteiger partial charge on any atom is -0.493 e. The molecule has 0 heterocycles. The number of carbonyl (C=O) groups excluding carboxylic acids is 1. The van der Waals surface area contributed by atoms with Gasteiger partial charge in [0.15, 0.2) is 11.5 Å². The fourth-order valence-electron chi connectivity index (χ4n) is 1.88. The highest BCUT2D eigenvalue weighted by molar-refractivity contribution is 5.80. The molecular formula is C14H22N2O3. The molecular weight excluding hydrogens is 244 g/mol. The van der Waals surface area contributed by atoms with E-state index in [-0.39, 0.29) is 17.9 Å². The first-order valence-electron chi connectivity index (χ1n) is 6.23. The Hall–Kier alpha value is -1.75. The van der Waals surface area contributed by atoms with E-state index >= 15 is 0 Å². The SMILES string of the molecule is COc1ccc(CNC(C(N)=O)C(C)C)cc1OC. The quantitative estimate of drug-likeness (QED) is 0.780. The Morgan fingerprint density at radius 1 is 1.26 bits per heavy atom. The van der Waals surface area contributed by atoms with Gasteiger partial charge in [0.05, 0.1) is 20.3 Å². The van der Waals surface area contributed by atoms with Gasteiger partial charge in [0.1, 0.15) is 0 Å². The van der Waals surface area contributed by atoms with E-state index in [4.69, 9.17) is 15.2 Å². The smallest absolute Gasteiger partial charge is 0.234 e. The van der Waals surface area contributed by atoms with Crippen molar-refractivity contribution in [3.63, 3.8) is 0 Å². The average molecular weight is 266 g/mol. The zero-order chi connectivity index (χ0) is 14.4. The second-order valence-electron chi connectivity index (χ2n) is 4.69. The van der Waals surface area contributed by atoms with E-state index < -0.39 is 0 Å². The van der Waals surface area contributed by atoms with E-state index in [1.165, 1.54) is 0 Å². The molecule has 0 aliphatic carbocycles. The summed E-state index contributed by atoms with van der Waals surface area (Å²) in [5.74, 6) is 1.16. The van der Waals surface area contributed by atoms with Crippen LogP contribution in [0.2, 0.25) is 0 Å². The fourth-order valence-corrected chi connectivity index (χ4v) is 1.88. The van der Waals surface area contributed by atoms with Crippen molar-refractivity contribution in [1.29, 1.82) is 0 Å². The molecule has 5 heteroatoms. The van der Waals surface area contributed by atoms with Crippen molar-refractivity contribution in [2.75, 3.05) is 14.2 Å². The van der Waals surface area contributed by atoms with E-state index in [0.29, 0.717) is 18.0 Å². The lowest BCUT2D eigenvalue weighted by atomic mass is 10.0. The van der Waals surface area contributed by atoms with E-state index in [9.17, 15) is 4.79 Å². The number of rotatable bonds is 7. The van der Waals surface area contributed by atoms with Crippen molar-refractivity contribution in [3.05, 3.63) is 23.8 Å². The number of primary amides is 1. The van der Waals surface area contributed by atoms with E-state index in [1.807, 2.05) is 32.0 Å². The minimum absolute atomic E-state index is 0.151. The third kappa shape index (κ3) is 4.13. The Morgan fingerprint density at radius 3 is 2.37 bits per heavy atom. The third-order valence-corrected chi connectivity index (χ3v) is 2.95. The van der Waals surface area contributed by atoms with Crippen LogP contribution >= 0.6 is 0 Å². The van der Waals surface area contributed by atoms with Crippen LogP contribution in [0, 0.1) is 5.92 Å². The first-order chi connectivity index (χ1) is 8.99. The maximum Gasteiger partial charge on any atom is 0.234 e. The predicted octanol–water partition coefficient (Wildman–Crippen LogP) is 1.30. The molecule has 1 unspecified atom stereocenters. The monoisotopic (exact) mass is 266 g/mol. The second kappa shape index (κ2) is 6.99. The number of amides is 1. The number of methoxy groups -OCH3 is 2. The van der Waals surface area contributed by atoms with Gasteiger partial charge in [-0.05, 0) is 23.6 Å². The molecule has 1 aromatic rings. The van der Waals surface area contributed by atoms with Crippen LogP contribution < -0.4 is 20.5 Å². The summed E-state index contributed by atoms with van der Waals surface area (Å²) in [6.45, 7) is 4.46. The molecule has 5 nitrogen and oxygen atoms in total. The van der Waals surface area contributed by atoms with Gasteiger partial charge in [0, 0.05) is 6.54 Å². The Kier molecular flexibility index (Phi) is 5.63. The van der Waals surface area contributed by atoms with Gasteiger partial charge >= 0.3 is 0 Å². The molecule has 0 bridgehead atoms. The molecule has 0 spiro atoms. The van der Waals surface area contributed by atoms with Gasteiger partial charge in [-0.1, -0.05) is 19.9 Å². The summed E-state index contributed by atoms with van der Waals surface area (Å²) in [7, 11) is 3.19. The molecule has 1 amide bonds. The van der Waals surface area contributed by atoms with Crippen molar-refractivity contribution < 1.29 is 14.3 Å². The summed E-state index contributed by atoms with van der Waals surface area (Å²) in [5, 5.41) is 3.15. The standard InChI is InChI=1S/C14H22N2O3/c1-9(2)13(14(15)17)16-8-10-5-6-11(18-3)12(7-10)19-4/h5-7,9,13,16H,8H2,1-4H3,(H2,15,17). The highest BCUT2D eigenvalue weighted by atomic mass is 16.5. The van der Waals surface area contributed by atoms with Crippen molar-refractivity contribution in [2.45, 2.75) is 26.4 Å². The lowest BCUT2D eigenvalue weighted by molar-refractivity contribution is -0.121. The zero-order valence-corrected chi connectivity index (χ0v) is 11.9. The maximum absolute atomic E-state index is 11.3. The molecule has 1 atom stereocenters. The summed E-state index contributed by atoms with van der Waals surface area (Å²) < 4.78 is 10.4. The molecule has 0 fully saturated rings. The van der Waals surface area contributed by atoms with Crippen LogP contribution in [0.1, 0.15) is 19.4 Å². The number of benzene rings is 1. The molecule has 1 aromatic carbocycles. The van der Waals surface area contributed by atoms with Gasteiger partial charge in [-0.15, -0.1) is 0 Å². The zero-order valence-electron chi connectivity index (χ0n) is 11.9. The molecule has 0 aromatic heterocycles. The van der Waals surface area contributed by atoms with Crippen molar-refractivity contribution in [3.8, 4) is 11.5 Å². The lowest BCUT2D eigenvalue weighted by Gasteiger charge is -2.19. The Labute approximate surface area is 114 Å². The average Bonchev–Trinajstić information content (AvgIpc) is 2.37. The number of hydrogen-bond acceptors (Lipinski definition) is 4. The molecule has 1 rings (SSSR count). The number of ether oxygens (including phenoxy) is 2. The number of carbonyl (C=O) groups is 1. The number of hydrogen-bond donors (Lipinski definition) is 2. The van der Waals surface area contributed by atoms with Crippen LogP contribution in [0.5, 0.6) is 11.5 Å². The second-order valence-corrected chi connectivity index (χ2v) is 4.69. The summed E-state index contributed by atoms with van der Waals surface area (Å²) in [4.78, 5) is 11.3. The Balaban J connectivity index is 2.74. The summed E-state index contributed by atoms with van der Waals surface area (Å²) in [6.07, 6.45) is 0. The van der Waals surface area contributed by atoms with Crippen LogP contribution in [-0.4, -0.2) is 26.2 Å². The largest absolute Gasteiger partial charge is 0.493 e. The molecule has 3 N–H and O–H groups in total. The first kappa shape index (κ1) is 15.3. The van der Waals surface area contributed by atoms with Crippen LogP contribution in [0.4, 0.5) is 0 Å². The number of nitrogens with two attached hydrogens (primary N) is 1. The third-order valence-electron chi connectivity index (χ3n) is 2.95. The molecule has 106 valence electrons. The molecule has 19 heavy (non-hydrogen) atoms. The topological polar surface area (TPSA) is 73.6 Å². The van der Waals surface area contributed by atoms with E-state index in [0.717, 1.165) is 5.56 Å². The van der Waals surface area contributed by atoms with Crippen LogP contribution in [0.15, 0.2) is 18.2 Å². The van der Waals surface area contributed by atoms with Crippen molar-refractivity contribution in [2.24, 2.45) is 11.7 Å². The van der Waals surface area contributed by atoms with Gasteiger partial charge in [0.2, 0.25) is 5.91 Å². The van der Waals surface area contributed by atoms with Crippen LogP contribution in [0.25, 0.3) is 0 Å². The fraction of sp³-hybridized carbons (Fsp3) is 0.500. The van der Waals surface area contributed by atoms with Gasteiger partial charge in [-0.3, -0.25) is 4.79 Å². The van der Waals surface area contributed by atoms with Gasteiger partial charge in [0.25, 0.3) is 0 Å². The van der Waals surface area contributed by atoms with E-state index in [1.54, 1.807) is 14.2 Å². The van der Waals surface area contributed by atoms with Gasteiger partial charge < -0.3 is 20.5 Å². The molecule has 0 saturated heterocycles. The molecule has 0 aliphatic heterocycles. The molecule has 0 aliphatic rings. The molecule has 0 radical (unpaired) electrons. The summed E-state index contributed by atoms with van der Waals surface area (Å²) in [5.41, 5.74) is 6.36. The lowest BCUT2D eigenvalue weighted by Crippen LogP contribution is -2.44. The summed E-state index contributed by atoms with van der Waals surface area (Å²) >= 11 is 0. The first-order valence-corrected chi connectivity index (χ1v) is 6.23. The highest BCUT2D eigenvalue weighted by Gasteiger charge is 2.18. The molecule has 0 saturated carbocycles. The Bertz CT molecular complexity index is 433. The highest BCUT2D eigenvalue weighted by Crippen LogP contribution is 2.27. The van der Waals surface area contributed by atoms with Crippen LogP contribution in [0.3, 0.4) is 0 Å². The number of nitrogens with one attached hydrogen (secondary N) is 1. The van der Waals surface area contributed by atoms with Gasteiger partial charge in [-0.2, -0.15) is 0 Å². The maximum atomic E-state index is 11.3. The predicted molar refractivity (Wildman–Crippen MR) is 74.2 cm³/mol. The summed E-state index contributed by atoms with van der Waals surface area (Å²) in [6, 6.07) is 5.30. The minimum atomic E-state index is -0.340. The normalized spacial score (nSPS) is 12.3. The van der Waals surface area contributed by atoms with E-state index in [2.05, 4.69) is 5.32 Å². The van der Waals surface area contributed by atoms with Crippen molar-refractivity contribution in [1.82, 2.24) is 5.32 Å².